The first-order valence-electron chi connectivity index (χ1n) is 10.3. The summed E-state index contributed by atoms with van der Waals surface area (Å²) in [6.07, 6.45) is -5.00. The first kappa shape index (κ1) is 24.5. The summed E-state index contributed by atoms with van der Waals surface area (Å²) in [6.45, 7) is -0.543. The minimum absolute atomic E-state index is 0.0366. The van der Waals surface area contributed by atoms with Gasteiger partial charge in [0.05, 0.1) is 17.8 Å². The molecule has 1 aromatic heterocycles. The van der Waals surface area contributed by atoms with Gasteiger partial charge in [0.2, 0.25) is 0 Å². The highest BCUT2D eigenvalue weighted by atomic mass is 19.4. The largest absolute Gasteiger partial charge is 0.508 e. The number of benzene rings is 3. The fourth-order valence-electron chi connectivity index (χ4n) is 3.54. The molecule has 0 radical (unpaired) electrons. The number of nitrogens with zero attached hydrogens (tertiary/aromatic N) is 2. The Balaban J connectivity index is 1.82. The molecule has 0 saturated heterocycles. The molecule has 0 saturated carbocycles. The van der Waals surface area contributed by atoms with E-state index in [-0.39, 0.29) is 22.6 Å². The molecule has 0 bridgehead atoms. The molecule has 3 aromatic carbocycles. The average molecular weight is 498 g/mol. The summed E-state index contributed by atoms with van der Waals surface area (Å²) in [4.78, 5) is 13.0. The lowest BCUT2D eigenvalue weighted by Crippen LogP contribution is -2.29. The summed E-state index contributed by atoms with van der Waals surface area (Å²) < 4.78 is 75.1. The highest BCUT2D eigenvalue weighted by Crippen LogP contribution is 2.34. The molecule has 4 aromatic rings. The van der Waals surface area contributed by atoms with Crippen molar-refractivity contribution >= 4 is 0 Å². The molecule has 0 aliphatic heterocycles. The van der Waals surface area contributed by atoms with E-state index in [9.17, 15) is 37.1 Å². The SMILES string of the molecule is N#Cc1c(C(F)(F)F)cc(-c2ccc(Oc3ccc(O)cc3)cc2)n(Cc2ccc(F)cc2F)c1=O. The molecule has 0 spiro atoms. The Morgan fingerprint density at radius 2 is 1.53 bits per heavy atom. The second kappa shape index (κ2) is 9.54. The first-order valence-corrected chi connectivity index (χ1v) is 10.3. The minimum atomic E-state index is -5.00. The monoisotopic (exact) mass is 498 g/mol. The number of rotatable bonds is 5. The number of hydrogen-bond donors (Lipinski definition) is 1. The Morgan fingerprint density at radius 1 is 0.917 bits per heavy atom. The summed E-state index contributed by atoms with van der Waals surface area (Å²) in [5.74, 6) is -1.12. The fourth-order valence-corrected chi connectivity index (χ4v) is 3.54. The molecule has 0 aliphatic carbocycles. The van der Waals surface area contributed by atoms with E-state index in [1.165, 1.54) is 54.6 Å². The van der Waals surface area contributed by atoms with Gasteiger partial charge in [0.15, 0.2) is 0 Å². The molecule has 10 heteroatoms. The van der Waals surface area contributed by atoms with Crippen molar-refractivity contribution in [3.8, 4) is 34.6 Å². The van der Waals surface area contributed by atoms with Gasteiger partial charge >= 0.3 is 6.18 Å². The third kappa shape index (κ3) is 5.05. The Labute approximate surface area is 200 Å². The standard InChI is InChI=1S/C26H15F5N2O3/c27-17-4-1-16(23(28)11-17)14-33-24(12-22(26(29,30)31)21(13-32)25(33)35)15-2-7-19(8-3-15)36-20-9-5-18(34)6-10-20/h1-12,34H,14H2. The van der Waals surface area contributed by atoms with Crippen molar-refractivity contribution in [3.63, 3.8) is 0 Å². The van der Waals surface area contributed by atoms with Crippen molar-refractivity contribution < 1.29 is 31.8 Å². The summed E-state index contributed by atoms with van der Waals surface area (Å²) in [6, 6.07) is 16.1. The van der Waals surface area contributed by atoms with E-state index in [1.54, 1.807) is 0 Å². The summed E-state index contributed by atoms with van der Waals surface area (Å²) >= 11 is 0. The van der Waals surface area contributed by atoms with Crippen LogP contribution in [0.25, 0.3) is 11.3 Å². The van der Waals surface area contributed by atoms with Crippen LogP contribution in [0, 0.1) is 23.0 Å². The molecule has 0 aliphatic rings. The molecule has 1 N–H and O–H groups in total. The molecular formula is C26H15F5N2O3. The topological polar surface area (TPSA) is 75.2 Å². The highest BCUT2D eigenvalue weighted by molar-refractivity contribution is 5.63. The second-order valence-corrected chi connectivity index (χ2v) is 7.68. The average Bonchev–Trinajstić information content (AvgIpc) is 2.83. The Hall–Kier alpha value is -4.65. The maximum absolute atomic E-state index is 14.3. The van der Waals surface area contributed by atoms with Crippen LogP contribution in [-0.2, 0) is 12.7 Å². The van der Waals surface area contributed by atoms with E-state index in [1.807, 2.05) is 0 Å². The van der Waals surface area contributed by atoms with Gasteiger partial charge in [-0.05, 0) is 66.2 Å². The fraction of sp³-hybridized carbons (Fsp3) is 0.0769. The quantitative estimate of drug-likeness (QED) is 0.331. The number of ether oxygens (including phenoxy) is 1. The minimum Gasteiger partial charge on any atom is -0.508 e. The van der Waals surface area contributed by atoms with Crippen molar-refractivity contribution in [2.24, 2.45) is 0 Å². The van der Waals surface area contributed by atoms with Gasteiger partial charge in [-0.25, -0.2) is 8.78 Å². The molecule has 5 nitrogen and oxygen atoms in total. The maximum Gasteiger partial charge on any atom is 0.417 e. The zero-order valence-electron chi connectivity index (χ0n) is 18.2. The number of phenols is 1. The third-order valence-electron chi connectivity index (χ3n) is 5.28. The van der Waals surface area contributed by atoms with E-state index in [0.29, 0.717) is 23.6 Å². The molecule has 0 unspecified atom stereocenters. The Kier molecular flexibility index (Phi) is 6.49. The molecule has 0 fully saturated rings. The van der Waals surface area contributed by atoms with Crippen LogP contribution >= 0.6 is 0 Å². The Morgan fingerprint density at radius 3 is 2.08 bits per heavy atom. The normalized spacial score (nSPS) is 11.2. The van der Waals surface area contributed by atoms with Crippen LogP contribution in [0.5, 0.6) is 17.2 Å². The van der Waals surface area contributed by atoms with Crippen LogP contribution in [0.2, 0.25) is 0 Å². The van der Waals surface area contributed by atoms with E-state index in [2.05, 4.69) is 0 Å². The van der Waals surface area contributed by atoms with Crippen molar-refractivity contribution in [2.45, 2.75) is 12.7 Å². The van der Waals surface area contributed by atoms with Crippen LogP contribution in [0.3, 0.4) is 0 Å². The molecule has 4 rings (SSSR count). The highest BCUT2D eigenvalue weighted by Gasteiger charge is 2.36. The van der Waals surface area contributed by atoms with Crippen LogP contribution in [-0.4, -0.2) is 9.67 Å². The van der Waals surface area contributed by atoms with Gasteiger partial charge in [-0.15, -0.1) is 0 Å². The van der Waals surface area contributed by atoms with E-state index >= 15 is 0 Å². The van der Waals surface area contributed by atoms with Crippen LogP contribution in [0.1, 0.15) is 16.7 Å². The van der Waals surface area contributed by atoms with E-state index < -0.39 is 41.0 Å². The summed E-state index contributed by atoms with van der Waals surface area (Å²) in [5.41, 5.74) is -4.06. The van der Waals surface area contributed by atoms with Gasteiger partial charge in [0.25, 0.3) is 5.56 Å². The lowest BCUT2D eigenvalue weighted by Gasteiger charge is -2.18. The van der Waals surface area contributed by atoms with Crippen LogP contribution in [0.15, 0.2) is 77.6 Å². The number of phenolic OH excluding ortho intramolecular Hbond substituents is 1. The first-order chi connectivity index (χ1) is 17.1. The van der Waals surface area contributed by atoms with Crippen LogP contribution in [0.4, 0.5) is 22.0 Å². The van der Waals surface area contributed by atoms with Gasteiger partial charge in [0.1, 0.15) is 40.5 Å². The summed E-state index contributed by atoms with van der Waals surface area (Å²) in [5, 5.41) is 18.6. The van der Waals surface area contributed by atoms with E-state index in [0.717, 1.165) is 16.7 Å². The Bertz CT molecular complexity index is 1520. The number of aromatic hydroxyl groups is 1. The lowest BCUT2D eigenvalue weighted by atomic mass is 10.0. The van der Waals surface area contributed by atoms with Gasteiger partial charge < -0.3 is 14.4 Å². The number of alkyl halides is 3. The van der Waals surface area contributed by atoms with Gasteiger partial charge in [-0.2, -0.15) is 18.4 Å². The maximum atomic E-state index is 14.3. The molecule has 182 valence electrons. The number of nitriles is 1. The van der Waals surface area contributed by atoms with Gasteiger partial charge in [-0.1, -0.05) is 6.07 Å². The molecule has 36 heavy (non-hydrogen) atoms. The van der Waals surface area contributed by atoms with Gasteiger partial charge in [-0.3, -0.25) is 4.79 Å². The van der Waals surface area contributed by atoms with Crippen molar-refractivity contribution in [1.82, 2.24) is 4.57 Å². The van der Waals surface area contributed by atoms with Crippen molar-refractivity contribution in [3.05, 3.63) is 111 Å². The lowest BCUT2D eigenvalue weighted by molar-refractivity contribution is -0.137. The molecule has 1 heterocycles. The second-order valence-electron chi connectivity index (χ2n) is 7.68. The van der Waals surface area contributed by atoms with Gasteiger partial charge in [0, 0.05) is 11.6 Å². The third-order valence-corrected chi connectivity index (χ3v) is 5.28. The van der Waals surface area contributed by atoms with E-state index in [4.69, 9.17) is 4.74 Å². The smallest absolute Gasteiger partial charge is 0.417 e. The number of pyridine rings is 1. The molecule has 0 atom stereocenters. The van der Waals surface area contributed by atoms with Crippen LogP contribution < -0.4 is 10.3 Å². The predicted molar refractivity (Wildman–Crippen MR) is 119 cm³/mol. The predicted octanol–water partition coefficient (Wildman–Crippen LogP) is 6.23. The number of hydrogen-bond acceptors (Lipinski definition) is 4. The number of aromatic nitrogens is 1. The van der Waals surface area contributed by atoms with Crippen molar-refractivity contribution in [2.75, 3.05) is 0 Å². The molecule has 0 amide bonds. The molecular weight excluding hydrogens is 483 g/mol. The zero-order chi connectivity index (χ0) is 26.0. The zero-order valence-corrected chi connectivity index (χ0v) is 18.2. The number of halogens is 5. The van der Waals surface area contributed by atoms with Crippen molar-refractivity contribution in [1.29, 1.82) is 5.26 Å². The summed E-state index contributed by atoms with van der Waals surface area (Å²) in [7, 11) is 0.